The maximum Gasteiger partial charge on any atom is 0.321 e. The number of carbonyl (C=O) groups is 1. The standard InChI is InChI=1S/C21H23BrN2O3/c1-13-9-15-10-19(26-3)20(27-4)11-17(15)18(12-24(13)21(25)23-2)14-5-7-16(22)8-6-14/h5-8,10-13H,9H2,1-4H3,(H,23,25). The molecule has 0 radical (unpaired) electrons. The number of nitrogens with zero attached hydrogens (tertiary/aromatic N) is 1. The van der Waals surface area contributed by atoms with Crippen LogP contribution < -0.4 is 14.8 Å². The van der Waals surface area contributed by atoms with Gasteiger partial charge in [-0.15, -0.1) is 0 Å². The highest BCUT2D eigenvalue weighted by Crippen LogP contribution is 2.39. The lowest BCUT2D eigenvalue weighted by Crippen LogP contribution is -2.40. The fourth-order valence-electron chi connectivity index (χ4n) is 3.34. The molecule has 6 heteroatoms. The zero-order valence-corrected chi connectivity index (χ0v) is 17.5. The van der Waals surface area contributed by atoms with Crippen molar-refractivity contribution in [2.75, 3.05) is 21.3 Å². The first-order valence-corrected chi connectivity index (χ1v) is 9.50. The van der Waals surface area contributed by atoms with E-state index in [1.54, 1.807) is 26.2 Å². The second-order valence-corrected chi connectivity index (χ2v) is 7.35. The van der Waals surface area contributed by atoms with E-state index in [0.717, 1.165) is 26.7 Å². The minimum absolute atomic E-state index is 0.00486. The molecule has 0 aromatic heterocycles. The van der Waals surface area contributed by atoms with Crippen molar-refractivity contribution in [1.29, 1.82) is 0 Å². The van der Waals surface area contributed by atoms with Crippen LogP contribution >= 0.6 is 15.9 Å². The monoisotopic (exact) mass is 430 g/mol. The Balaban J connectivity index is 2.24. The van der Waals surface area contributed by atoms with Gasteiger partial charge in [0, 0.05) is 29.3 Å². The molecule has 1 unspecified atom stereocenters. The van der Waals surface area contributed by atoms with Gasteiger partial charge >= 0.3 is 6.03 Å². The zero-order chi connectivity index (χ0) is 19.6. The van der Waals surface area contributed by atoms with Gasteiger partial charge in [0.2, 0.25) is 0 Å². The number of amides is 2. The normalized spacial score (nSPS) is 16.1. The van der Waals surface area contributed by atoms with E-state index >= 15 is 0 Å². The van der Waals surface area contributed by atoms with Crippen LogP contribution in [0.4, 0.5) is 4.79 Å². The Morgan fingerprint density at radius 2 is 1.78 bits per heavy atom. The van der Waals surface area contributed by atoms with E-state index in [1.165, 1.54) is 0 Å². The Morgan fingerprint density at radius 3 is 2.37 bits per heavy atom. The summed E-state index contributed by atoms with van der Waals surface area (Å²) >= 11 is 3.48. The molecule has 1 atom stereocenters. The average Bonchev–Trinajstić information content (AvgIpc) is 2.82. The zero-order valence-electron chi connectivity index (χ0n) is 15.9. The summed E-state index contributed by atoms with van der Waals surface area (Å²) in [7, 11) is 4.91. The summed E-state index contributed by atoms with van der Waals surface area (Å²) in [6.45, 7) is 2.04. The first kappa shape index (κ1) is 19.3. The van der Waals surface area contributed by atoms with E-state index in [1.807, 2.05) is 49.5 Å². The van der Waals surface area contributed by atoms with Gasteiger partial charge in [0.05, 0.1) is 14.2 Å². The lowest BCUT2D eigenvalue weighted by molar-refractivity contribution is 0.205. The van der Waals surface area contributed by atoms with Crippen molar-refractivity contribution in [2.45, 2.75) is 19.4 Å². The molecule has 142 valence electrons. The number of fused-ring (bicyclic) bond motifs is 1. The Hall–Kier alpha value is -2.47. The van der Waals surface area contributed by atoms with Crippen LogP contribution in [0.5, 0.6) is 11.5 Å². The number of hydrogen-bond donors (Lipinski definition) is 1. The maximum absolute atomic E-state index is 12.5. The molecule has 1 aliphatic heterocycles. The van der Waals surface area contributed by atoms with E-state index in [9.17, 15) is 4.79 Å². The van der Waals surface area contributed by atoms with E-state index in [2.05, 4.69) is 21.2 Å². The van der Waals surface area contributed by atoms with Crippen molar-refractivity contribution in [3.05, 3.63) is 63.8 Å². The highest BCUT2D eigenvalue weighted by atomic mass is 79.9. The number of rotatable bonds is 3. The van der Waals surface area contributed by atoms with Gasteiger partial charge < -0.3 is 14.8 Å². The van der Waals surface area contributed by atoms with Crippen LogP contribution in [0.15, 0.2) is 47.1 Å². The van der Waals surface area contributed by atoms with Crippen molar-refractivity contribution in [2.24, 2.45) is 0 Å². The van der Waals surface area contributed by atoms with Gasteiger partial charge in [0.25, 0.3) is 0 Å². The quantitative estimate of drug-likeness (QED) is 0.782. The largest absolute Gasteiger partial charge is 0.493 e. The molecule has 0 fully saturated rings. The van der Waals surface area contributed by atoms with Gasteiger partial charge in [-0.1, -0.05) is 28.1 Å². The predicted octanol–water partition coefficient (Wildman–Crippen LogP) is 4.44. The SMILES string of the molecule is CNC(=O)N1C=C(c2ccc(Br)cc2)c2cc(OC)c(OC)cc2CC1C. The summed E-state index contributed by atoms with van der Waals surface area (Å²) in [6.07, 6.45) is 2.63. The van der Waals surface area contributed by atoms with Crippen LogP contribution in [-0.4, -0.2) is 38.2 Å². The number of halogens is 1. The molecule has 1 heterocycles. The van der Waals surface area contributed by atoms with Crippen molar-refractivity contribution < 1.29 is 14.3 Å². The molecule has 0 saturated carbocycles. The number of methoxy groups -OCH3 is 2. The summed E-state index contributed by atoms with van der Waals surface area (Å²) < 4.78 is 12.0. The van der Waals surface area contributed by atoms with E-state index < -0.39 is 0 Å². The minimum Gasteiger partial charge on any atom is -0.493 e. The van der Waals surface area contributed by atoms with Gasteiger partial charge in [0.15, 0.2) is 11.5 Å². The second kappa shape index (κ2) is 8.05. The fourth-order valence-corrected chi connectivity index (χ4v) is 3.60. The first-order chi connectivity index (χ1) is 13.0. The van der Waals surface area contributed by atoms with E-state index in [4.69, 9.17) is 9.47 Å². The molecular formula is C21H23BrN2O3. The molecule has 2 amide bonds. The second-order valence-electron chi connectivity index (χ2n) is 6.43. The van der Waals surface area contributed by atoms with Crippen LogP contribution in [0.25, 0.3) is 5.57 Å². The number of ether oxygens (including phenoxy) is 2. The lowest BCUT2D eigenvalue weighted by atomic mass is 9.92. The average molecular weight is 431 g/mol. The third kappa shape index (κ3) is 3.81. The van der Waals surface area contributed by atoms with Crippen LogP contribution in [-0.2, 0) is 6.42 Å². The van der Waals surface area contributed by atoms with Crippen molar-refractivity contribution >= 4 is 27.5 Å². The first-order valence-electron chi connectivity index (χ1n) is 8.71. The van der Waals surface area contributed by atoms with Crippen molar-refractivity contribution in [3.8, 4) is 11.5 Å². The highest BCUT2D eigenvalue weighted by molar-refractivity contribution is 9.10. The van der Waals surface area contributed by atoms with Crippen molar-refractivity contribution in [1.82, 2.24) is 10.2 Å². The van der Waals surface area contributed by atoms with Crippen LogP contribution in [0, 0.1) is 0 Å². The van der Waals surface area contributed by atoms with E-state index in [-0.39, 0.29) is 12.1 Å². The van der Waals surface area contributed by atoms with Crippen molar-refractivity contribution in [3.63, 3.8) is 0 Å². The van der Waals surface area contributed by atoms with Gasteiger partial charge in [-0.25, -0.2) is 4.79 Å². The van der Waals surface area contributed by atoms with Gasteiger partial charge in [0.1, 0.15) is 0 Å². The Labute approximate surface area is 168 Å². The number of nitrogens with one attached hydrogen (secondary N) is 1. The number of benzene rings is 2. The van der Waals surface area contributed by atoms with Crippen LogP contribution in [0.3, 0.4) is 0 Å². The number of hydrogen-bond acceptors (Lipinski definition) is 3. The third-order valence-electron chi connectivity index (χ3n) is 4.76. The third-order valence-corrected chi connectivity index (χ3v) is 5.29. The minimum atomic E-state index is -0.135. The molecule has 5 nitrogen and oxygen atoms in total. The van der Waals surface area contributed by atoms with E-state index in [0.29, 0.717) is 17.9 Å². The number of carbonyl (C=O) groups excluding carboxylic acids is 1. The van der Waals surface area contributed by atoms with Gasteiger partial charge in [-0.3, -0.25) is 4.90 Å². The van der Waals surface area contributed by atoms with Crippen LogP contribution in [0.2, 0.25) is 0 Å². The molecule has 0 bridgehead atoms. The molecule has 2 aromatic rings. The maximum atomic E-state index is 12.5. The molecule has 0 spiro atoms. The molecule has 2 aromatic carbocycles. The summed E-state index contributed by atoms with van der Waals surface area (Å²) in [5.74, 6) is 1.35. The molecule has 0 aliphatic carbocycles. The Morgan fingerprint density at radius 1 is 1.15 bits per heavy atom. The van der Waals surface area contributed by atoms with Gasteiger partial charge in [-0.2, -0.15) is 0 Å². The molecule has 0 saturated heterocycles. The topological polar surface area (TPSA) is 50.8 Å². The lowest BCUT2D eigenvalue weighted by Gasteiger charge is -2.24. The summed E-state index contributed by atoms with van der Waals surface area (Å²) in [4.78, 5) is 14.2. The molecular weight excluding hydrogens is 408 g/mol. The molecule has 27 heavy (non-hydrogen) atoms. The molecule has 1 N–H and O–H groups in total. The summed E-state index contributed by atoms with van der Waals surface area (Å²) in [5.41, 5.74) is 4.13. The summed E-state index contributed by atoms with van der Waals surface area (Å²) in [5, 5.41) is 2.73. The Kier molecular flexibility index (Phi) is 5.75. The smallest absolute Gasteiger partial charge is 0.321 e. The Bertz CT molecular complexity index is 878. The van der Waals surface area contributed by atoms with Crippen LogP contribution in [0.1, 0.15) is 23.6 Å². The molecule has 1 aliphatic rings. The predicted molar refractivity (Wildman–Crippen MR) is 110 cm³/mol. The molecule has 3 rings (SSSR count). The fraction of sp³-hybridized carbons (Fsp3) is 0.286. The number of urea groups is 1. The highest BCUT2D eigenvalue weighted by Gasteiger charge is 2.26. The van der Waals surface area contributed by atoms with Gasteiger partial charge in [-0.05, 0) is 54.3 Å². The summed E-state index contributed by atoms with van der Waals surface area (Å²) in [6, 6.07) is 11.9.